The lowest BCUT2D eigenvalue weighted by atomic mass is 9.99. The third-order valence-corrected chi connectivity index (χ3v) is 5.14. The largest absolute Gasteiger partial charge is 0.496 e. The lowest BCUT2D eigenvalue weighted by Crippen LogP contribution is -2.10. The van der Waals surface area contributed by atoms with Gasteiger partial charge in [-0.1, -0.05) is 26.3 Å². The van der Waals surface area contributed by atoms with Crippen molar-refractivity contribution in [1.82, 2.24) is 14.4 Å². The standard InChI is InChI=1S/C23H31N3O2/c1-7-10-19(28-9-3)22-18(8-2)25-23-17(13-24-14-26(22)23)21-16(5)11-15(4)12-20(21)27-6/h11-14,19H,7-10H2,1-6H3. The summed E-state index contributed by atoms with van der Waals surface area (Å²) in [4.78, 5) is 9.57. The first kappa shape index (κ1) is 20.3. The lowest BCUT2D eigenvalue weighted by molar-refractivity contribution is 0.0514. The van der Waals surface area contributed by atoms with Crippen molar-refractivity contribution in [2.24, 2.45) is 0 Å². The molecule has 2 heterocycles. The number of methoxy groups -OCH3 is 1. The van der Waals surface area contributed by atoms with Gasteiger partial charge in [-0.2, -0.15) is 0 Å². The van der Waals surface area contributed by atoms with Gasteiger partial charge < -0.3 is 9.47 Å². The highest BCUT2D eigenvalue weighted by atomic mass is 16.5. The van der Waals surface area contributed by atoms with Crippen molar-refractivity contribution in [2.45, 2.75) is 60.0 Å². The Balaban J connectivity index is 2.29. The van der Waals surface area contributed by atoms with Crippen LogP contribution in [0.3, 0.4) is 0 Å². The number of aromatic nitrogens is 3. The number of benzene rings is 1. The molecule has 28 heavy (non-hydrogen) atoms. The predicted molar refractivity (Wildman–Crippen MR) is 113 cm³/mol. The number of fused-ring (bicyclic) bond motifs is 1. The molecular formula is C23H31N3O2. The van der Waals surface area contributed by atoms with Crippen LogP contribution in [0, 0.1) is 13.8 Å². The Morgan fingerprint density at radius 3 is 2.57 bits per heavy atom. The van der Waals surface area contributed by atoms with Crippen molar-refractivity contribution in [2.75, 3.05) is 13.7 Å². The van der Waals surface area contributed by atoms with Gasteiger partial charge in [0.25, 0.3) is 0 Å². The first-order valence-electron chi connectivity index (χ1n) is 10.2. The van der Waals surface area contributed by atoms with Gasteiger partial charge in [-0.3, -0.25) is 4.40 Å². The van der Waals surface area contributed by atoms with E-state index in [0.717, 1.165) is 58.7 Å². The van der Waals surface area contributed by atoms with E-state index in [4.69, 9.17) is 14.5 Å². The van der Waals surface area contributed by atoms with E-state index in [1.807, 2.05) is 19.4 Å². The fraction of sp³-hybridized carbons (Fsp3) is 0.478. The molecule has 0 amide bonds. The van der Waals surface area contributed by atoms with Crippen LogP contribution in [0.5, 0.6) is 5.75 Å². The maximum absolute atomic E-state index is 6.09. The molecule has 0 aliphatic rings. The monoisotopic (exact) mass is 381 g/mol. The van der Waals surface area contributed by atoms with Gasteiger partial charge in [0.1, 0.15) is 17.7 Å². The molecule has 0 spiro atoms. The molecular weight excluding hydrogens is 350 g/mol. The normalized spacial score (nSPS) is 12.5. The predicted octanol–water partition coefficient (Wildman–Crippen LogP) is 5.46. The minimum atomic E-state index is 0.0259. The minimum absolute atomic E-state index is 0.0259. The molecule has 5 heteroatoms. The van der Waals surface area contributed by atoms with Crippen LogP contribution in [-0.4, -0.2) is 28.1 Å². The molecule has 0 radical (unpaired) electrons. The van der Waals surface area contributed by atoms with Crippen molar-refractivity contribution in [3.63, 3.8) is 0 Å². The topological polar surface area (TPSA) is 48.7 Å². The van der Waals surface area contributed by atoms with Gasteiger partial charge in [0.15, 0.2) is 0 Å². The molecule has 1 unspecified atom stereocenters. The molecule has 0 bridgehead atoms. The molecule has 2 aromatic heterocycles. The molecule has 5 nitrogen and oxygen atoms in total. The van der Waals surface area contributed by atoms with Crippen LogP contribution in [0.1, 0.15) is 62.2 Å². The van der Waals surface area contributed by atoms with E-state index in [1.165, 1.54) is 5.56 Å². The van der Waals surface area contributed by atoms with E-state index in [2.05, 4.69) is 49.2 Å². The van der Waals surface area contributed by atoms with E-state index >= 15 is 0 Å². The van der Waals surface area contributed by atoms with Crippen molar-refractivity contribution in [3.05, 3.63) is 47.2 Å². The van der Waals surface area contributed by atoms with Crippen LogP contribution in [0.4, 0.5) is 0 Å². The summed E-state index contributed by atoms with van der Waals surface area (Å²) in [5.41, 5.74) is 7.48. The summed E-state index contributed by atoms with van der Waals surface area (Å²) in [5.74, 6) is 0.852. The van der Waals surface area contributed by atoms with Crippen LogP contribution in [0.25, 0.3) is 16.8 Å². The van der Waals surface area contributed by atoms with Gasteiger partial charge in [-0.25, -0.2) is 9.97 Å². The Labute approximate surface area is 167 Å². The molecule has 1 atom stereocenters. The molecule has 3 rings (SSSR count). The Kier molecular flexibility index (Phi) is 6.35. The van der Waals surface area contributed by atoms with Crippen LogP contribution in [0.2, 0.25) is 0 Å². The molecule has 0 aliphatic carbocycles. The van der Waals surface area contributed by atoms with E-state index < -0.39 is 0 Å². The number of nitrogens with zero attached hydrogens (tertiary/aromatic N) is 3. The van der Waals surface area contributed by atoms with E-state index in [9.17, 15) is 0 Å². The SMILES string of the molecule is CCCC(OCC)c1c(CC)nc2c(-c3c(C)cc(C)cc3OC)cncn12. The fourth-order valence-electron chi connectivity index (χ4n) is 4.01. The summed E-state index contributed by atoms with van der Waals surface area (Å²) in [7, 11) is 1.71. The van der Waals surface area contributed by atoms with Crippen LogP contribution in [-0.2, 0) is 11.2 Å². The van der Waals surface area contributed by atoms with Gasteiger partial charge in [0.05, 0.1) is 24.6 Å². The highest BCUT2D eigenvalue weighted by molar-refractivity contribution is 5.84. The number of hydrogen-bond acceptors (Lipinski definition) is 4. The quantitative estimate of drug-likeness (QED) is 0.520. The smallest absolute Gasteiger partial charge is 0.148 e. The van der Waals surface area contributed by atoms with Gasteiger partial charge in [0.2, 0.25) is 0 Å². The van der Waals surface area contributed by atoms with Crippen molar-refractivity contribution in [1.29, 1.82) is 0 Å². The minimum Gasteiger partial charge on any atom is -0.496 e. The van der Waals surface area contributed by atoms with Gasteiger partial charge in [0, 0.05) is 23.9 Å². The average Bonchev–Trinajstić information content (AvgIpc) is 3.06. The van der Waals surface area contributed by atoms with Gasteiger partial charge in [-0.05, 0) is 50.8 Å². The molecule has 3 aromatic rings. The first-order valence-corrected chi connectivity index (χ1v) is 10.2. The molecule has 150 valence electrons. The van der Waals surface area contributed by atoms with E-state index in [-0.39, 0.29) is 6.10 Å². The number of imidazole rings is 1. The summed E-state index contributed by atoms with van der Waals surface area (Å²) in [5, 5.41) is 0. The van der Waals surface area contributed by atoms with Crippen molar-refractivity contribution >= 4 is 5.65 Å². The highest BCUT2D eigenvalue weighted by Crippen LogP contribution is 2.38. The average molecular weight is 382 g/mol. The Morgan fingerprint density at radius 2 is 1.93 bits per heavy atom. The Bertz CT molecular complexity index is 956. The fourth-order valence-corrected chi connectivity index (χ4v) is 4.01. The Hall–Kier alpha value is -2.40. The molecule has 0 fully saturated rings. The maximum Gasteiger partial charge on any atom is 0.148 e. The first-order chi connectivity index (χ1) is 13.5. The zero-order valence-electron chi connectivity index (χ0n) is 17.9. The summed E-state index contributed by atoms with van der Waals surface area (Å²) in [6.45, 7) is 11.2. The molecule has 1 aromatic carbocycles. The van der Waals surface area contributed by atoms with Crippen molar-refractivity contribution in [3.8, 4) is 16.9 Å². The van der Waals surface area contributed by atoms with Crippen molar-refractivity contribution < 1.29 is 9.47 Å². The highest BCUT2D eigenvalue weighted by Gasteiger charge is 2.24. The molecule has 0 saturated heterocycles. The summed E-state index contributed by atoms with van der Waals surface area (Å²) in [6.07, 6.45) is 6.65. The third kappa shape index (κ3) is 3.63. The van der Waals surface area contributed by atoms with Gasteiger partial charge in [-0.15, -0.1) is 0 Å². The zero-order valence-corrected chi connectivity index (χ0v) is 17.9. The summed E-state index contributed by atoms with van der Waals surface area (Å²) >= 11 is 0. The van der Waals surface area contributed by atoms with Gasteiger partial charge >= 0.3 is 0 Å². The second-order valence-electron chi connectivity index (χ2n) is 7.19. The van der Waals surface area contributed by atoms with Crippen LogP contribution >= 0.6 is 0 Å². The second kappa shape index (κ2) is 8.74. The Morgan fingerprint density at radius 1 is 1.14 bits per heavy atom. The van der Waals surface area contributed by atoms with E-state index in [0.29, 0.717) is 6.61 Å². The number of aryl methyl sites for hydroxylation is 3. The third-order valence-electron chi connectivity index (χ3n) is 5.14. The maximum atomic E-state index is 6.09. The number of rotatable bonds is 8. The second-order valence-corrected chi connectivity index (χ2v) is 7.19. The number of hydrogen-bond donors (Lipinski definition) is 0. The molecule has 0 saturated carbocycles. The molecule has 0 aliphatic heterocycles. The van der Waals surface area contributed by atoms with E-state index in [1.54, 1.807) is 7.11 Å². The zero-order chi connectivity index (χ0) is 20.3. The van der Waals surface area contributed by atoms with Crippen LogP contribution in [0.15, 0.2) is 24.7 Å². The molecule has 0 N–H and O–H groups in total. The van der Waals surface area contributed by atoms with Crippen LogP contribution < -0.4 is 4.74 Å². The summed E-state index contributed by atoms with van der Waals surface area (Å²) in [6, 6.07) is 4.24. The lowest BCUT2D eigenvalue weighted by Gasteiger charge is -2.18. The summed E-state index contributed by atoms with van der Waals surface area (Å²) < 4.78 is 13.9. The number of ether oxygens (including phenoxy) is 2.